The molecule has 0 saturated heterocycles. The van der Waals surface area contributed by atoms with Gasteiger partial charge in [0.15, 0.2) is 12.0 Å². The molecule has 0 amide bonds. The maximum atomic E-state index is 11.9. The summed E-state index contributed by atoms with van der Waals surface area (Å²) in [4.78, 5) is 27.8. The van der Waals surface area contributed by atoms with Gasteiger partial charge in [-0.3, -0.25) is 9.59 Å². The first-order valence-electron chi connectivity index (χ1n) is 7.08. The predicted molar refractivity (Wildman–Crippen MR) is 93.4 cm³/mol. The largest absolute Gasteiger partial charge is 0.443 e. The molecule has 0 atom stereocenters. The number of oxazole rings is 1. The standard InChI is InChI=1S/C17H10ClN3O3/c18-9-2-1-3-10(6-9)20-14-15(17(23)16(14)22)21-11-4-5-12-13(7-11)24-8-19-12/h1-8,20-21H. The highest BCUT2D eigenvalue weighted by atomic mass is 35.5. The molecule has 0 spiro atoms. The second kappa shape index (κ2) is 5.50. The van der Waals surface area contributed by atoms with E-state index in [1.54, 1.807) is 42.5 Å². The number of hydrogen-bond acceptors (Lipinski definition) is 6. The van der Waals surface area contributed by atoms with E-state index in [1.165, 1.54) is 6.39 Å². The molecule has 0 unspecified atom stereocenters. The van der Waals surface area contributed by atoms with Crippen molar-refractivity contribution < 1.29 is 4.42 Å². The highest BCUT2D eigenvalue weighted by Gasteiger charge is 2.21. The van der Waals surface area contributed by atoms with E-state index in [4.69, 9.17) is 16.0 Å². The molecule has 0 saturated carbocycles. The highest BCUT2D eigenvalue weighted by molar-refractivity contribution is 6.30. The van der Waals surface area contributed by atoms with E-state index in [2.05, 4.69) is 15.6 Å². The third-order valence-electron chi connectivity index (χ3n) is 3.60. The Morgan fingerprint density at radius 3 is 2.33 bits per heavy atom. The lowest BCUT2D eigenvalue weighted by molar-refractivity contribution is 0.602. The zero-order valence-electron chi connectivity index (χ0n) is 12.2. The maximum absolute atomic E-state index is 11.9. The number of nitrogens with one attached hydrogen (secondary N) is 2. The van der Waals surface area contributed by atoms with Gasteiger partial charge in [0, 0.05) is 22.5 Å². The monoisotopic (exact) mass is 339 g/mol. The van der Waals surface area contributed by atoms with Crippen LogP contribution in [0.3, 0.4) is 0 Å². The van der Waals surface area contributed by atoms with Gasteiger partial charge >= 0.3 is 0 Å². The van der Waals surface area contributed by atoms with E-state index in [-0.39, 0.29) is 11.4 Å². The summed E-state index contributed by atoms with van der Waals surface area (Å²) in [5.74, 6) is 0. The van der Waals surface area contributed by atoms with Gasteiger partial charge in [-0.15, -0.1) is 0 Å². The third kappa shape index (κ3) is 2.43. The maximum Gasteiger partial charge on any atom is 0.253 e. The smallest absolute Gasteiger partial charge is 0.253 e. The molecule has 0 aliphatic heterocycles. The van der Waals surface area contributed by atoms with Crippen molar-refractivity contribution in [1.29, 1.82) is 0 Å². The summed E-state index contributed by atoms with van der Waals surface area (Å²) in [6.45, 7) is 0. The Hall–Kier alpha value is -3.12. The van der Waals surface area contributed by atoms with E-state index >= 15 is 0 Å². The molecule has 118 valence electrons. The van der Waals surface area contributed by atoms with Crippen molar-refractivity contribution in [3.8, 4) is 0 Å². The summed E-state index contributed by atoms with van der Waals surface area (Å²) < 4.78 is 5.23. The molecule has 0 bridgehead atoms. The first kappa shape index (κ1) is 14.5. The molecule has 4 aromatic rings. The third-order valence-corrected chi connectivity index (χ3v) is 3.84. The number of hydrogen-bond donors (Lipinski definition) is 2. The first-order chi connectivity index (χ1) is 11.6. The van der Waals surface area contributed by atoms with Crippen molar-refractivity contribution in [2.75, 3.05) is 10.6 Å². The van der Waals surface area contributed by atoms with Gasteiger partial charge < -0.3 is 15.1 Å². The van der Waals surface area contributed by atoms with E-state index in [0.717, 1.165) is 0 Å². The Morgan fingerprint density at radius 1 is 0.917 bits per heavy atom. The van der Waals surface area contributed by atoms with Crippen molar-refractivity contribution in [1.82, 2.24) is 4.98 Å². The van der Waals surface area contributed by atoms with Crippen LogP contribution in [0.1, 0.15) is 0 Å². The molecule has 0 aliphatic rings. The molecule has 6 nitrogen and oxygen atoms in total. The number of aromatic nitrogens is 1. The van der Waals surface area contributed by atoms with E-state index < -0.39 is 10.9 Å². The van der Waals surface area contributed by atoms with Crippen LogP contribution in [0.25, 0.3) is 11.1 Å². The quantitative estimate of drug-likeness (QED) is 0.553. The minimum absolute atomic E-state index is 0.207. The van der Waals surface area contributed by atoms with E-state index in [0.29, 0.717) is 27.5 Å². The van der Waals surface area contributed by atoms with Crippen LogP contribution in [-0.2, 0) is 0 Å². The number of benzene rings is 2. The summed E-state index contributed by atoms with van der Waals surface area (Å²) in [7, 11) is 0. The Morgan fingerprint density at radius 2 is 1.62 bits per heavy atom. The fraction of sp³-hybridized carbons (Fsp3) is 0. The molecule has 1 aromatic heterocycles. The number of rotatable bonds is 4. The van der Waals surface area contributed by atoms with Crippen LogP contribution in [-0.4, -0.2) is 4.98 Å². The van der Waals surface area contributed by atoms with Gasteiger partial charge in [0.25, 0.3) is 10.9 Å². The lowest BCUT2D eigenvalue weighted by Gasteiger charge is -2.15. The normalized spacial score (nSPS) is 11.0. The van der Waals surface area contributed by atoms with Crippen molar-refractivity contribution >= 4 is 45.5 Å². The summed E-state index contributed by atoms with van der Waals surface area (Å²) in [5, 5.41) is 6.41. The van der Waals surface area contributed by atoms with Crippen molar-refractivity contribution in [2.45, 2.75) is 0 Å². The average Bonchev–Trinajstić information content (AvgIpc) is 3.05. The molecule has 24 heavy (non-hydrogen) atoms. The topological polar surface area (TPSA) is 84.2 Å². The molecule has 4 rings (SSSR count). The molecule has 3 aromatic carbocycles. The van der Waals surface area contributed by atoms with E-state index in [1.807, 2.05) is 0 Å². The summed E-state index contributed by atoms with van der Waals surface area (Å²) >= 11 is 5.93. The number of anilines is 4. The van der Waals surface area contributed by atoms with Crippen LogP contribution < -0.4 is 21.5 Å². The zero-order valence-corrected chi connectivity index (χ0v) is 12.9. The Labute approximate surface area is 140 Å². The SMILES string of the molecule is O=c1c(Nc2cccc(Cl)c2)c(Nc2ccc3ncoc3c2)c1=O. The molecular formula is C17H10ClN3O3. The van der Waals surface area contributed by atoms with Gasteiger partial charge in [-0.05, 0) is 30.3 Å². The van der Waals surface area contributed by atoms with Crippen molar-refractivity contribution in [3.05, 3.63) is 74.3 Å². The molecule has 0 aliphatic carbocycles. The zero-order chi connectivity index (χ0) is 16.7. The predicted octanol–water partition coefficient (Wildman–Crippen LogP) is 3.56. The van der Waals surface area contributed by atoms with Crippen LogP contribution in [0, 0.1) is 0 Å². The van der Waals surface area contributed by atoms with Crippen molar-refractivity contribution in [2.24, 2.45) is 0 Å². The van der Waals surface area contributed by atoms with E-state index in [9.17, 15) is 9.59 Å². The van der Waals surface area contributed by atoms with Crippen LogP contribution in [0.5, 0.6) is 0 Å². The fourth-order valence-corrected chi connectivity index (χ4v) is 2.61. The summed E-state index contributed by atoms with van der Waals surface area (Å²) in [5.41, 5.74) is 1.82. The van der Waals surface area contributed by atoms with Crippen LogP contribution in [0.15, 0.2) is 62.9 Å². The second-order valence-corrected chi connectivity index (χ2v) is 5.64. The van der Waals surface area contributed by atoms with Crippen LogP contribution in [0.4, 0.5) is 22.7 Å². The van der Waals surface area contributed by atoms with Gasteiger partial charge in [0.2, 0.25) is 0 Å². The van der Waals surface area contributed by atoms with Crippen LogP contribution >= 0.6 is 11.6 Å². The molecule has 0 fully saturated rings. The molecule has 1 heterocycles. The van der Waals surface area contributed by atoms with Crippen LogP contribution in [0.2, 0.25) is 5.02 Å². The summed E-state index contributed by atoms with van der Waals surface area (Å²) in [6.07, 6.45) is 1.35. The number of halogens is 1. The number of nitrogens with zero attached hydrogens (tertiary/aromatic N) is 1. The van der Waals surface area contributed by atoms with Gasteiger partial charge in [-0.1, -0.05) is 17.7 Å². The summed E-state index contributed by atoms with van der Waals surface area (Å²) in [6, 6.07) is 12.1. The molecule has 7 heteroatoms. The minimum Gasteiger partial charge on any atom is -0.443 e. The molecular weight excluding hydrogens is 330 g/mol. The molecule has 2 N–H and O–H groups in total. The Balaban J connectivity index is 1.65. The van der Waals surface area contributed by atoms with Gasteiger partial charge in [0.05, 0.1) is 0 Å². The minimum atomic E-state index is -0.572. The second-order valence-electron chi connectivity index (χ2n) is 5.20. The van der Waals surface area contributed by atoms with Gasteiger partial charge in [-0.2, -0.15) is 0 Å². The lowest BCUT2D eigenvalue weighted by atomic mass is 10.1. The van der Waals surface area contributed by atoms with Gasteiger partial charge in [0.1, 0.15) is 16.9 Å². The first-order valence-corrected chi connectivity index (χ1v) is 7.46. The van der Waals surface area contributed by atoms with Gasteiger partial charge in [-0.25, -0.2) is 4.98 Å². The Bertz CT molecular complexity index is 1130. The fourth-order valence-electron chi connectivity index (χ4n) is 2.42. The van der Waals surface area contributed by atoms with Crippen molar-refractivity contribution in [3.63, 3.8) is 0 Å². The number of fused-ring (bicyclic) bond motifs is 1. The highest BCUT2D eigenvalue weighted by Crippen LogP contribution is 2.27. The average molecular weight is 340 g/mol. The molecule has 0 radical (unpaired) electrons. The Kier molecular flexibility index (Phi) is 3.32. The lowest BCUT2D eigenvalue weighted by Crippen LogP contribution is -2.35.